The number of carbonyl (C=O) groups excluding carboxylic acids is 2. The van der Waals surface area contributed by atoms with Gasteiger partial charge in [0.2, 0.25) is 5.91 Å². The smallest absolute Gasteiger partial charge is 0.341 e. The van der Waals surface area contributed by atoms with Crippen molar-refractivity contribution in [2.45, 2.75) is 63.7 Å². The third-order valence-corrected chi connectivity index (χ3v) is 10.3. The van der Waals surface area contributed by atoms with E-state index in [2.05, 4.69) is 30.4 Å². The zero-order chi connectivity index (χ0) is 26.4. The predicted molar refractivity (Wildman–Crippen MR) is 150 cm³/mol. The lowest BCUT2D eigenvalue weighted by Crippen LogP contribution is -2.43. The van der Waals surface area contributed by atoms with Crippen molar-refractivity contribution in [3.63, 3.8) is 0 Å². The molecule has 6 heteroatoms. The summed E-state index contributed by atoms with van der Waals surface area (Å²) in [7, 11) is 1.73. The van der Waals surface area contributed by atoms with Gasteiger partial charge in [-0.25, -0.2) is 4.79 Å². The normalized spacial score (nSPS) is 25.0. The van der Waals surface area contributed by atoms with Crippen molar-refractivity contribution in [2.24, 2.45) is 11.8 Å². The van der Waals surface area contributed by atoms with Gasteiger partial charge in [0.1, 0.15) is 10.8 Å². The van der Waals surface area contributed by atoms with Gasteiger partial charge in [0.15, 0.2) is 0 Å². The van der Waals surface area contributed by atoms with Crippen LogP contribution in [0.3, 0.4) is 0 Å². The lowest BCUT2D eigenvalue weighted by atomic mass is 9.54. The highest BCUT2D eigenvalue weighted by Crippen LogP contribution is 2.63. The number of hydrogen-bond donors (Lipinski definition) is 1. The number of benzene rings is 2. The van der Waals surface area contributed by atoms with Crippen molar-refractivity contribution < 1.29 is 19.1 Å². The van der Waals surface area contributed by atoms with Crippen LogP contribution in [0.4, 0.5) is 5.00 Å². The van der Waals surface area contributed by atoms with Crippen LogP contribution in [0.2, 0.25) is 0 Å². The second kappa shape index (κ2) is 9.88. The Kier molecular flexibility index (Phi) is 6.55. The van der Waals surface area contributed by atoms with Crippen LogP contribution in [-0.4, -0.2) is 25.6 Å². The van der Waals surface area contributed by atoms with E-state index in [4.69, 9.17) is 9.47 Å². The number of hydrogen-bond acceptors (Lipinski definition) is 5. The van der Waals surface area contributed by atoms with Crippen molar-refractivity contribution in [3.8, 4) is 5.75 Å². The lowest BCUT2D eigenvalue weighted by Gasteiger charge is -2.49. The summed E-state index contributed by atoms with van der Waals surface area (Å²) in [5.41, 5.74) is 5.50. The van der Waals surface area contributed by atoms with Gasteiger partial charge in [-0.05, 0) is 96.6 Å². The molecule has 0 radical (unpaired) electrons. The van der Waals surface area contributed by atoms with E-state index in [9.17, 15) is 9.59 Å². The van der Waals surface area contributed by atoms with Gasteiger partial charge in [-0.2, -0.15) is 0 Å². The number of esters is 1. The van der Waals surface area contributed by atoms with Gasteiger partial charge in [-0.3, -0.25) is 4.79 Å². The summed E-state index contributed by atoms with van der Waals surface area (Å²) in [5.74, 6) is 2.14. The Morgan fingerprint density at radius 2 is 1.95 bits per heavy atom. The summed E-state index contributed by atoms with van der Waals surface area (Å²) >= 11 is 1.59. The summed E-state index contributed by atoms with van der Waals surface area (Å²) < 4.78 is 11.0. The van der Waals surface area contributed by atoms with Crippen molar-refractivity contribution in [1.29, 1.82) is 0 Å². The predicted octanol–water partition coefficient (Wildman–Crippen LogP) is 6.68. The molecule has 1 N–H and O–H groups in total. The molecule has 1 fully saturated rings. The number of fused-ring (bicyclic) bond motifs is 7. The van der Waals surface area contributed by atoms with Crippen LogP contribution in [0, 0.1) is 11.8 Å². The Balaban J connectivity index is 1.31. The summed E-state index contributed by atoms with van der Waals surface area (Å²) in [6.45, 7) is 4.50. The van der Waals surface area contributed by atoms with Crippen LogP contribution in [0.5, 0.6) is 5.75 Å². The summed E-state index contributed by atoms with van der Waals surface area (Å²) in [4.78, 5) is 27.6. The fourth-order valence-electron chi connectivity index (χ4n) is 7.56. The van der Waals surface area contributed by atoms with Gasteiger partial charge in [0, 0.05) is 4.88 Å². The van der Waals surface area contributed by atoms with Crippen molar-refractivity contribution in [1.82, 2.24) is 0 Å². The molecule has 1 amide bonds. The molecule has 3 aliphatic rings. The molecule has 1 heterocycles. The zero-order valence-corrected chi connectivity index (χ0v) is 23.2. The third-order valence-electron chi connectivity index (χ3n) is 9.22. The molecular formula is C32H35NO4S. The molecule has 0 bridgehead atoms. The number of thiophene rings is 1. The molecule has 2 aromatic carbocycles. The highest BCUT2D eigenvalue weighted by atomic mass is 32.1. The van der Waals surface area contributed by atoms with E-state index in [1.165, 1.54) is 16.0 Å². The number of amides is 1. The van der Waals surface area contributed by atoms with Crippen molar-refractivity contribution in [3.05, 3.63) is 81.2 Å². The molecule has 3 aromatic rings. The van der Waals surface area contributed by atoms with Gasteiger partial charge in [0.05, 0.1) is 25.7 Å². The molecule has 1 aromatic heterocycles. The van der Waals surface area contributed by atoms with E-state index >= 15 is 0 Å². The number of methoxy groups -OCH3 is 1. The number of anilines is 1. The maximum Gasteiger partial charge on any atom is 0.341 e. The van der Waals surface area contributed by atoms with Crippen molar-refractivity contribution in [2.75, 3.05) is 19.0 Å². The van der Waals surface area contributed by atoms with Gasteiger partial charge < -0.3 is 14.8 Å². The first-order valence-electron chi connectivity index (χ1n) is 13.8. The molecule has 1 saturated carbocycles. The fourth-order valence-corrected chi connectivity index (χ4v) is 8.96. The quantitative estimate of drug-likeness (QED) is 0.362. The highest BCUT2D eigenvalue weighted by molar-refractivity contribution is 7.17. The van der Waals surface area contributed by atoms with Gasteiger partial charge in [-0.1, -0.05) is 43.3 Å². The molecule has 0 spiro atoms. The van der Waals surface area contributed by atoms with Gasteiger partial charge in [-0.15, -0.1) is 11.3 Å². The Hall–Kier alpha value is -3.12. The van der Waals surface area contributed by atoms with E-state index in [1.807, 2.05) is 37.3 Å². The average Bonchev–Trinajstić information content (AvgIpc) is 3.42. The van der Waals surface area contributed by atoms with Gasteiger partial charge >= 0.3 is 5.97 Å². The Bertz CT molecular complexity index is 1380. The van der Waals surface area contributed by atoms with Crippen LogP contribution in [0.25, 0.3) is 0 Å². The molecular weight excluding hydrogens is 494 g/mol. The van der Waals surface area contributed by atoms with Crippen LogP contribution < -0.4 is 10.1 Å². The minimum atomic E-state index is -0.315. The zero-order valence-electron chi connectivity index (χ0n) is 22.3. The van der Waals surface area contributed by atoms with Crippen LogP contribution in [0.15, 0.2) is 48.5 Å². The van der Waals surface area contributed by atoms with Gasteiger partial charge in [0.25, 0.3) is 0 Å². The van der Waals surface area contributed by atoms with Crippen LogP contribution >= 0.6 is 11.3 Å². The highest BCUT2D eigenvalue weighted by Gasteiger charge is 2.55. The van der Waals surface area contributed by atoms with Crippen molar-refractivity contribution >= 4 is 28.2 Å². The molecule has 198 valence electrons. The fraction of sp³-hybridized carbons (Fsp3) is 0.438. The maximum atomic E-state index is 13.4. The van der Waals surface area contributed by atoms with Crippen LogP contribution in [0.1, 0.15) is 76.5 Å². The molecule has 0 unspecified atom stereocenters. The topological polar surface area (TPSA) is 64.6 Å². The Morgan fingerprint density at radius 1 is 1.13 bits per heavy atom. The van der Waals surface area contributed by atoms with E-state index in [-0.39, 0.29) is 23.7 Å². The molecule has 0 aliphatic heterocycles. The number of ether oxygens (including phenoxy) is 2. The number of nitrogens with one attached hydrogen (secondary N) is 1. The maximum absolute atomic E-state index is 13.4. The van der Waals surface area contributed by atoms with E-state index in [1.54, 1.807) is 18.4 Å². The first-order valence-corrected chi connectivity index (χ1v) is 14.6. The number of rotatable bonds is 6. The second-order valence-corrected chi connectivity index (χ2v) is 12.3. The van der Waals surface area contributed by atoms with E-state index in [0.29, 0.717) is 34.9 Å². The number of carbonyl (C=O) groups is 2. The van der Waals surface area contributed by atoms with Crippen LogP contribution in [-0.2, 0) is 34.2 Å². The lowest BCUT2D eigenvalue weighted by molar-refractivity contribution is -0.115. The second-order valence-electron chi connectivity index (χ2n) is 11.2. The summed E-state index contributed by atoms with van der Waals surface area (Å²) in [6, 6.07) is 16.3. The first kappa shape index (κ1) is 25.2. The van der Waals surface area contributed by atoms with E-state index in [0.717, 1.165) is 49.0 Å². The summed E-state index contributed by atoms with van der Waals surface area (Å²) in [5, 5.41) is 3.74. The van der Waals surface area contributed by atoms with E-state index < -0.39 is 0 Å². The molecule has 5 nitrogen and oxygen atoms in total. The first-order chi connectivity index (χ1) is 18.4. The Morgan fingerprint density at radius 3 is 2.71 bits per heavy atom. The monoisotopic (exact) mass is 529 g/mol. The molecule has 4 atom stereocenters. The molecule has 0 saturated heterocycles. The minimum absolute atomic E-state index is 0.0958. The number of aryl methyl sites for hydroxylation is 1. The Labute approximate surface area is 228 Å². The minimum Gasteiger partial charge on any atom is -0.497 e. The molecule has 3 aliphatic carbocycles. The molecule has 38 heavy (non-hydrogen) atoms. The average molecular weight is 530 g/mol. The SMILES string of the molecule is CCOC(=O)c1c(NC(=O)Cc2ccccc2)sc2c1[C@]1(C)CC[C@@H]3c4ccc(OC)cc4CC[C@@H]3[C@@H]1C2. The third kappa shape index (κ3) is 4.14. The standard InChI is InChI=1S/C32H35NO4S/c1-4-37-31(35)28-29-26(38-30(28)33-27(34)16-19-8-6-5-7-9-19)18-25-24-12-10-20-17-21(36-3)11-13-22(20)23(24)14-15-32(25,29)2/h5-9,11,13,17,23-25H,4,10,12,14-16,18H2,1-3H3,(H,33,34)/t23-,24+,25+,32-/m1/s1. The summed E-state index contributed by atoms with van der Waals surface area (Å²) in [6.07, 6.45) is 5.60. The molecule has 6 rings (SSSR count). The largest absolute Gasteiger partial charge is 0.497 e.